The van der Waals surface area contributed by atoms with E-state index in [9.17, 15) is 9.90 Å². The molecule has 16 heavy (non-hydrogen) atoms. The van der Waals surface area contributed by atoms with E-state index in [0.29, 0.717) is 0 Å². The molecule has 0 bridgehead atoms. The third-order valence-electron chi connectivity index (χ3n) is 2.76. The second-order valence-corrected chi connectivity index (χ2v) is 4.13. The highest BCUT2D eigenvalue weighted by molar-refractivity contribution is 5.68. The van der Waals surface area contributed by atoms with E-state index in [1.165, 1.54) is 0 Å². The first-order valence-electron chi connectivity index (χ1n) is 5.56. The lowest BCUT2D eigenvalue weighted by Gasteiger charge is -2.15. The van der Waals surface area contributed by atoms with Gasteiger partial charge in [0.1, 0.15) is 5.75 Å². The lowest BCUT2D eigenvalue weighted by atomic mass is 9.91. The molecule has 2 N–H and O–H groups in total. The Morgan fingerprint density at radius 1 is 1.44 bits per heavy atom. The van der Waals surface area contributed by atoms with Gasteiger partial charge in [-0.05, 0) is 36.5 Å². The molecule has 3 nitrogen and oxygen atoms in total. The molecule has 3 heteroatoms. The van der Waals surface area contributed by atoms with E-state index in [-0.39, 0.29) is 18.1 Å². The zero-order valence-electron chi connectivity index (χ0n) is 9.73. The SMILES string of the molecule is CCC[C@H](CC(=O)O)c1ccc(C)c(O)c1. The molecular weight excluding hydrogens is 204 g/mol. The van der Waals surface area contributed by atoms with Gasteiger partial charge in [-0.3, -0.25) is 4.79 Å². The first-order chi connectivity index (χ1) is 7.54. The van der Waals surface area contributed by atoms with E-state index >= 15 is 0 Å². The van der Waals surface area contributed by atoms with Crippen LogP contribution in [-0.2, 0) is 4.79 Å². The van der Waals surface area contributed by atoms with Crippen LogP contribution in [0.25, 0.3) is 0 Å². The number of carbonyl (C=O) groups is 1. The molecule has 0 unspecified atom stereocenters. The number of aryl methyl sites for hydroxylation is 1. The van der Waals surface area contributed by atoms with E-state index in [0.717, 1.165) is 24.0 Å². The highest BCUT2D eigenvalue weighted by atomic mass is 16.4. The number of rotatable bonds is 5. The molecule has 0 fully saturated rings. The molecule has 88 valence electrons. The van der Waals surface area contributed by atoms with Crippen molar-refractivity contribution in [3.63, 3.8) is 0 Å². The van der Waals surface area contributed by atoms with Crippen LogP contribution >= 0.6 is 0 Å². The molecule has 0 heterocycles. The smallest absolute Gasteiger partial charge is 0.303 e. The molecule has 0 radical (unpaired) electrons. The van der Waals surface area contributed by atoms with E-state index in [1.807, 2.05) is 26.0 Å². The molecule has 0 aliphatic rings. The Kier molecular flexibility index (Phi) is 4.35. The van der Waals surface area contributed by atoms with Crippen LogP contribution in [0.3, 0.4) is 0 Å². The molecule has 0 spiro atoms. The average Bonchev–Trinajstić information content (AvgIpc) is 2.21. The molecule has 0 saturated heterocycles. The second-order valence-electron chi connectivity index (χ2n) is 4.13. The van der Waals surface area contributed by atoms with Crippen molar-refractivity contribution in [2.75, 3.05) is 0 Å². The van der Waals surface area contributed by atoms with Crippen molar-refractivity contribution in [3.8, 4) is 5.75 Å². The first kappa shape index (κ1) is 12.6. The van der Waals surface area contributed by atoms with Gasteiger partial charge in [-0.2, -0.15) is 0 Å². The minimum atomic E-state index is -0.793. The molecule has 0 amide bonds. The topological polar surface area (TPSA) is 57.5 Å². The molecule has 0 aromatic heterocycles. The van der Waals surface area contributed by atoms with Crippen LogP contribution in [-0.4, -0.2) is 16.2 Å². The van der Waals surface area contributed by atoms with Gasteiger partial charge in [0.05, 0.1) is 6.42 Å². The Morgan fingerprint density at radius 2 is 2.12 bits per heavy atom. The maximum atomic E-state index is 10.7. The maximum absolute atomic E-state index is 10.7. The summed E-state index contributed by atoms with van der Waals surface area (Å²) in [6.07, 6.45) is 1.89. The van der Waals surface area contributed by atoms with Crippen molar-refractivity contribution >= 4 is 5.97 Å². The zero-order chi connectivity index (χ0) is 12.1. The van der Waals surface area contributed by atoms with E-state index < -0.39 is 5.97 Å². The number of aromatic hydroxyl groups is 1. The molecule has 0 aliphatic heterocycles. The predicted molar refractivity (Wildman–Crippen MR) is 62.7 cm³/mol. The number of phenolic OH excluding ortho intramolecular Hbond substituents is 1. The molecule has 1 rings (SSSR count). The van der Waals surface area contributed by atoms with Gasteiger partial charge in [0.15, 0.2) is 0 Å². The number of hydrogen-bond donors (Lipinski definition) is 2. The number of carboxylic acid groups (broad SMARTS) is 1. The summed E-state index contributed by atoms with van der Waals surface area (Å²) in [4.78, 5) is 10.7. The minimum absolute atomic E-state index is 0.00556. The fourth-order valence-electron chi connectivity index (χ4n) is 1.83. The number of phenols is 1. The van der Waals surface area contributed by atoms with Crippen molar-refractivity contribution in [1.29, 1.82) is 0 Å². The number of carboxylic acids is 1. The van der Waals surface area contributed by atoms with Gasteiger partial charge >= 0.3 is 5.97 Å². The molecule has 0 aliphatic carbocycles. The number of hydrogen-bond acceptors (Lipinski definition) is 2. The van der Waals surface area contributed by atoms with Crippen molar-refractivity contribution in [3.05, 3.63) is 29.3 Å². The lowest BCUT2D eigenvalue weighted by molar-refractivity contribution is -0.137. The Labute approximate surface area is 95.7 Å². The summed E-state index contributed by atoms with van der Waals surface area (Å²) >= 11 is 0. The fraction of sp³-hybridized carbons (Fsp3) is 0.462. The first-order valence-corrected chi connectivity index (χ1v) is 5.56. The van der Waals surface area contributed by atoms with Crippen LogP contribution in [0.5, 0.6) is 5.75 Å². The van der Waals surface area contributed by atoms with Crippen LogP contribution < -0.4 is 0 Å². The predicted octanol–water partition coefficient (Wildman–Crippen LogP) is 3.06. The quantitative estimate of drug-likeness (QED) is 0.805. The number of aliphatic carboxylic acids is 1. The molecule has 1 atom stereocenters. The summed E-state index contributed by atoms with van der Waals surface area (Å²) < 4.78 is 0. The normalized spacial score (nSPS) is 12.4. The van der Waals surface area contributed by atoms with E-state index in [2.05, 4.69) is 0 Å². The fourth-order valence-corrected chi connectivity index (χ4v) is 1.83. The van der Waals surface area contributed by atoms with Gasteiger partial charge in [0.2, 0.25) is 0 Å². The highest BCUT2D eigenvalue weighted by Crippen LogP contribution is 2.29. The monoisotopic (exact) mass is 222 g/mol. The third-order valence-corrected chi connectivity index (χ3v) is 2.76. The van der Waals surface area contributed by atoms with Gasteiger partial charge in [-0.15, -0.1) is 0 Å². The van der Waals surface area contributed by atoms with Gasteiger partial charge in [0.25, 0.3) is 0 Å². The summed E-state index contributed by atoms with van der Waals surface area (Å²) in [7, 11) is 0. The van der Waals surface area contributed by atoms with Crippen LogP contribution in [0.1, 0.15) is 43.2 Å². The summed E-state index contributed by atoms with van der Waals surface area (Å²) in [5, 5.41) is 18.4. The van der Waals surface area contributed by atoms with Gasteiger partial charge < -0.3 is 10.2 Å². The van der Waals surface area contributed by atoms with Crippen LogP contribution in [0.2, 0.25) is 0 Å². The van der Waals surface area contributed by atoms with Gasteiger partial charge in [-0.1, -0.05) is 25.5 Å². The van der Waals surface area contributed by atoms with Crippen LogP contribution in [0.4, 0.5) is 0 Å². The highest BCUT2D eigenvalue weighted by Gasteiger charge is 2.15. The van der Waals surface area contributed by atoms with E-state index in [1.54, 1.807) is 6.07 Å². The minimum Gasteiger partial charge on any atom is -0.508 e. The Hall–Kier alpha value is -1.51. The summed E-state index contributed by atoms with van der Waals surface area (Å²) in [5.74, 6) is -0.559. The summed E-state index contributed by atoms with van der Waals surface area (Å²) in [6, 6.07) is 5.41. The number of benzene rings is 1. The Morgan fingerprint density at radius 3 is 2.62 bits per heavy atom. The molecule has 0 saturated carbocycles. The zero-order valence-corrected chi connectivity index (χ0v) is 9.73. The second kappa shape index (κ2) is 5.54. The molecule has 1 aromatic carbocycles. The molecular formula is C13H18O3. The Bertz CT molecular complexity index is 371. The van der Waals surface area contributed by atoms with Crippen molar-refractivity contribution in [2.45, 2.75) is 39.0 Å². The third kappa shape index (κ3) is 3.26. The van der Waals surface area contributed by atoms with Crippen LogP contribution in [0, 0.1) is 6.92 Å². The van der Waals surface area contributed by atoms with Gasteiger partial charge in [-0.25, -0.2) is 0 Å². The average molecular weight is 222 g/mol. The largest absolute Gasteiger partial charge is 0.508 e. The Balaban J connectivity index is 2.91. The molecule has 1 aromatic rings. The van der Waals surface area contributed by atoms with E-state index in [4.69, 9.17) is 5.11 Å². The maximum Gasteiger partial charge on any atom is 0.303 e. The van der Waals surface area contributed by atoms with Crippen molar-refractivity contribution in [1.82, 2.24) is 0 Å². The van der Waals surface area contributed by atoms with Crippen LogP contribution in [0.15, 0.2) is 18.2 Å². The summed E-state index contributed by atoms with van der Waals surface area (Å²) in [6.45, 7) is 3.86. The van der Waals surface area contributed by atoms with Crippen molar-refractivity contribution < 1.29 is 15.0 Å². The lowest BCUT2D eigenvalue weighted by Crippen LogP contribution is -2.06. The standard InChI is InChI=1S/C13H18O3/c1-3-4-10(8-13(15)16)11-6-5-9(2)12(14)7-11/h5-7,10,14H,3-4,8H2,1-2H3,(H,15,16)/t10-/m1/s1. The van der Waals surface area contributed by atoms with Crippen molar-refractivity contribution in [2.24, 2.45) is 0 Å². The van der Waals surface area contributed by atoms with Gasteiger partial charge in [0, 0.05) is 0 Å². The summed E-state index contributed by atoms with van der Waals surface area (Å²) in [5.41, 5.74) is 1.72.